The lowest BCUT2D eigenvalue weighted by Gasteiger charge is -2.36. The molecular weight excluding hydrogens is 404 g/mol. The molecule has 2 aliphatic heterocycles. The zero-order valence-electron chi connectivity index (χ0n) is 19.1. The molecule has 32 heavy (non-hydrogen) atoms. The first-order valence-corrected chi connectivity index (χ1v) is 11.3. The Labute approximate surface area is 191 Å². The summed E-state index contributed by atoms with van der Waals surface area (Å²) in [7, 11) is 3.52. The summed E-state index contributed by atoms with van der Waals surface area (Å²) < 4.78 is 16.9. The summed E-state index contributed by atoms with van der Waals surface area (Å²) in [5.74, 6) is 1.77. The maximum absolute atomic E-state index is 6.13. The van der Waals surface area contributed by atoms with Crippen LogP contribution in [0.1, 0.15) is 11.1 Å². The van der Waals surface area contributed by atoms with Crippen molar-refractivity contribution in [3.63, 3.8) is 0 Å². The van der Waals surface area contributed by atoms with Crippen molar-refractivity contribution in [3.8, 4) is 5.75 Å². The second-order valence-electron chi connectivity index (χ2n) is 8.23. The standard InChI is InChI=1S/C25H34N4O3/c1-26-25(27-16-21-9-6-10-22(15-21)31-14-13-30-2)29-18-23-24(19-29)32-12-11-28(23)17-20-7-4-3-5-8-20/h3-10,15,23-24H,11-14,16-19H2,1-2H3,(H,26,27). The minimum absolute atomic E-state index is 0.212. The number of nitrogens with one attached hydrogen (secondary N) is 1. The highest BCUT2D eigenvalue weighted by atomic mass is 16.5. The lowest BCUT2D eigenvalue weighted by Crippen LogP contribution is -2.50. The minimum Gasteiger partial charge on any atom is -0.491 e. The molecule has 2 aliphatic rings. The van der Waals surface area contributed by atoms with Gasteiger partial charge in [-0.05, 0) is 23.3 Å². The highest BCUT2D eigenvalue weighted by Gasteiger charge is 2.41. The second-order valence-corrected chi connectivity index (χ2v) is 8.23. The first kappa shape index (κ1) is 22.6. The van der Waals surface area contributed by atoms with E-state index in [1.54, 1.807) is 7.11 Å². The third-order valence-corrected chi connectivity index (χ3v) is 6.06. The summed E-state index contributed by atoms with van der Waals surface area (Å²) in [6.45, 7) is 6.29. The van der Waals surface area contributed by atoms with Crippen LogP contribution >= 0.6 is 0 Å². The van der Waals surface area contributed by atoms with Gasteiger partial charge in [-0.3, -0.25) is 9.89 Å². The number of hydrogen-bond donors (Lipinski definition) is 1. The van der Waals surface area contributed by atoms with Crippen LogP contribution in [-0.4, -0.2) is 81.5 Å². The summed E-state index contributed by atoms with van der Waals surface area (Å²) in [5, 5.41) is 3.52. The molecule has 0 radical (unpaired) electrons. The summed E-state index contributed by atoms with van der Waals surface area (Å²) in [6, 6.07) is 19.2. The van der Waals surface area contributed by atoms with Gasteiger partial charge < -0.3 is 24.4 Å². The van der Waals surface area contributed by atoms with Gasteiger partial charge in [-0.2, -0.15) is 0 Å². The molecule has 2 heterocycles. The van der Waals surface area contributed by atoms with Crippen molar-refractivity contribution in [1.82, 2.24) is 15.1 Å². The van der Waals surface area contributed by atoms with Crippen molar-refractivity contribution >= 4 is 5.96 Å². The lowest BCUT2D eigenvalue weighted by atomic mass is 10.1. The van der Waals surface area contributed by atoms with Gasteiger partial charge in [0.25, 0.3) is 0 Å². The number of aliphatic imine (C=N–C) groups is 1. The van der Waals surface area contributed by atoms with Gasteiger partial charge in [0, 0.05) is 46.9 Å². The zero-order chi connectivity index (χ0) is 22.2. The van der Waals surface area contributed by atoms with Gasteiger partial charge in [-0.15, -0.1) is 0 Å². The molecule has 0 saturated carbocycles. The van der Waals surface area contributed by atoms with Gasteiger partial charge in [-0.1, -0.05) is 42.5 Å². The molecule has 0 spiro atoms. The van der Waals surface area contributed by atoms with E-state index in [1.807, 2.05) is 19.2 Å². The Kier molecular flexibility index (Phi) is 7.98. The molecule has 0 bridgehead atoms. The zero-order valence-corrected chi connectivity index (χ0v) is 19.1. The molecule has 0 aromatic heterocycles. The van der Waals surface area contributed by atoms with Gasteiger partial charge in [0.1, 0.15) is 12.4 Å². The van der Waals surface area contributed by atoms with Gasteiger partial charge in [0.2, 0.25) is 0 Å². The van der Waals surface area contributed by atoms with Gasteiger partial charge in [0.05, 0.1) is 25.4 Å². The van der Waals surface area contributed by atoms with E-state index in [0.29, 0.717) is 25.8 Å². The van der Waals surface area contributed by atoms with Crippen LogP contribution in [0, 0.1) is 0 Å². The van der Waals surface area contributed by atoms with Gasteiger partial charge >= 0.3 is 0 Å². The molecule has 2 unspecified atom stereocenters. The molecule has 2 aromatic rings. The number of nitrogens with zero attached hydrogens (tertiary/aromatic N) is 3. The van der Waals surface area contributed by atoms with Crippen LogP contribution in [0.25, 0.3) is 0 Å². The fourth-order valence-corrected chi connectivity index (χ4v) is 4.45. The Balaban J connectivity index is 1.33. The number of rotatable bonds is 8. The molecule has 2 aromatic carbocycles. The monoisotopic (exact) mass is 438 g/mol. The van der Waals surface area contributed by atoms with E-state index in [9.17, 15) is 0 Å². The molecule has 0 aliphatic carbocycles. The first-order valence-electron chi connectivity index (χ1n) is 11.3. The molecule has 7 nitrogen and oxygen atoms in total. The summed E-state index contributed by atoms with van der Waals surface area (Å²) in [5.41, 5.74) is 2.50. The van der Waals surface area contributed by atoms with Crippen molar-refractivity contribution in [2.45, 2.75) is 25.2 Å². The molecule has 7 heteroatoms. The highest BCUT2D eigenvalue weighted by molar-refractivity contribution is 5.80. The maximum atomic E-state index is 6.13. The van der Waals surface area contributed by atoms with Crippen LogP contribution < -0.4 is 10.1 Å². The van der Waals surface area contributed by atoms with Gasteiger partial charge in [0.15, 0.2) is 5.96 Å². The van der Waals surface area contributed by atoms with E-state index in [4.69, 9.17) is 14.2 Å². The Bertz CT molecular complexity index is 877. The van der Waals surface area contributed by atoms with E-state index in [0.717, 1.165) is 50.1 Å². The number of morpholine rings is 1. The molecular formula is C25H34N4O3. The highest BCUT2D eigenvalue weighted by Crippen LogP contribution is 2.25. The van der Waals surface area contributed by atoms with Crippen LogP contribution in [0.5, 0.6) is 5.75 Å². The van der Waals surface area contributed by atoms with E-state index < -0.39 is 0 Å². The number of hydrogen-bond acceptors (Lipinski definition) is 5. The van der Waals surface area contributed by atoms with Crippen LogP contribution in [0.2, 0.25) is 0 Å². The number of methoxy groups -OCH3 is 1. The summed E-state index contributed by atoms with van der Waals surface area (Å²) in [6.07, 6.45) is 0.212. The average Bonchev–Trinajstić information content (AvgIpc) is 3.26. The molecule has 4 rings (SSSR count). The number of benzene rings is 2. The molecule has 1 N–H and O–H groups in total. The van der Waals surface area contributed by atoms with E-state index in [-0.39, 0.29) is 6.10 Å². The molecule has 2 saturated heterocycles. The quantitative estimate of drug-likeness (QED) is 0.388. The predicted molar refractivity (Wildman–Crippen MR) is 126 cm³/mol. The van der Waals surface area contributed by atoms with Gasteiger partial charge in [-0.25, -0.2) is 0 Å². The fraction of sp³-hybridized carbons (Fsp3) is 0.480. The molecule has 2 fully saturated rings. The normalized spacial score (nSPS) is 21.4. The van der Waals surface area contributed by atoms with Crippen LogP contribution in [-0.2, 0) is 22.6 Å². The maximum Gasteiger partial charge on any atom is 0.194 e. The Morgan fingerprint density at radius 3 is 2.75 bits per heavy atom. The molecule has 2 atom stereocenters. The third kappa shape index (κ3) is 5.79. The van der Waals surface area contributed by atoms with E-state index >= 15 is 0 Å². The van der Waals surface area contributed by atoms with E-state index in [2.05, 4.69) is 62.6 Å². The largest absolute Gasteiger partial charge is 0.491 e. The first-order chi connectivity index (χ1) is 15.8. The fourth-order valence-electron chi connectivity index (χ4n) is 4.45. The Hall–Kier alpha value is -2.61. The minimum atomic E-state index is 0.212. The average molecular weight is 439 g/mol. The number of guanidine groups is 1. The number of likely N-dealkylation sites (tertiary alicyclic amines) is 1. The topological polar surface area (TPSA) is 58.6 Å². The SMILES string of the molecule is CN=C(NCc1cccc(OCCOC)c1)N1CC2OCCN(Cc3ccccc3)C2C1. The molecule has 172 valence electrons. The van der Waals surface area contributed by atoms with Crippen LogP contribution in [0.15, 0.2) is 59.6 Å². The summed E-state index contributed by atoms with van der Waals surface area (Å²) in [4.78, 5) is 9.41. The van der Waals surface area contributed by atoms with E-state index in [1.165, 1.54) is 5.56 Å². The smallest absolute Gasteiger partial charge is 0.194 e. The van der Waals surface area contributed by atoms with Crippen molar-refractivity contribution in [1.29, 1.82) is 0 Å². The van der Waals surface area contributed by atoms with Crippen LogP contribution in [0.3, 0.4) is 0 Å². The molecule has 0 amide bonds. The Morgan fingerprint density at radius 2 is 1.94 bits per heavy atom. The lowest BCUT2D eigenvalue weighted by molar-refractivity contribution is -0.0502. The third-order valence-electron chi connectivity index (χ3n) is 6.06. The number of ether oxygens (including phenoxy) is 3. The second kappa shape index (κ2) is 11.3. The van der Waals surface area contributed by atoms with Crippen molar-refractivity contribution in [2.75, 3.05) is 53.6 Å². The number of fused-ring (bicyclic) bond motifs is 1. The van der Waals surface area contributed by atoms with Crippen molar-refractivity contribution in [2.24, 2.45) is 4.99 Å². The Morgan fingerprint density at radius 1 is 1.09 bits per heavy atom. The predicted octanol–water partition coefficient (Wildman–Crippen LogP) is 2.37. The summed E-state index contributed by atoms with van der Waals surface area (Å²) >= 11 is 0. The van der Waals surface area contributed by atoms with Crippen molar-refractivity contribution in [3.05, 3.63) is 65.7 Å². The van der Waals surface area contributed by atoms with Crippen LogP contribution in [0.4, 0.5) is 0 Å². The van der Waals surface area contributed by atoms with Crippen molar-refractivity contribution < 1.29 is 14.2 Å².